The first kappa shape index (κ1) is 15.1. The third-order valence-electron chi connectivity index (χ3n) is 2.87. The van der Waals surface area contributed by atoms with Gasteiger partial charge in [0.2, 0.25) is 29.1 Å². The van der Waals surface area contributed by atoms with Crippen LogP contribution in [0.4, 0.5) is 27.6 Å². The van der Waals surface area contributed by atoms with Gasteiger partial charge in [-0.2, -0.15) is 8.78 Å². The van der Waals surface area contributed by atoms with E-state index in [0.29, 0.717) is 11.3 Å². The van der Waals surface area contributed by atoms with Crippen molar-refractivity contribution >= 4 is 5.69 Å². The second kappa shape index (κ2) is 5.59. The zero-order valence-corrected chi connectivity index (χ0v) is 10.8. The molecular formula is C14H10F5NO. The van der Waals surface area contributed by atoms with Crippen LogP contribution < -0.4 is 10.5 Å². The summed E-state index contributed by atoms with van der Waals surface area (Å²) in [6.07, 6.45) is -0.932. The van der Waals surface area contributed by atoms with E-state index in [4.69, 9.17) is 10.5 Å². The predicted octanol–water partition coefficient (Wildman–Crippen LogP) is 4.10. The first-order valence-corrected chi connectivity index (χ1v) is 5.86. The molecule has 2 aromatic rings. The predicted molar refractivity (Wildman–Crippen MR) is 66.1 cm³/mol. The van der Waals surface area contributed by atoms with Crippen molar-refractivity contribution in [3.8, 4) is 5.75 Å². The summed E-state index contributed by atoms with van der Waals surface area (Å²) in [5.41, 5.74) is 6.41. The Balaban J connectivity index is 2.37. The van der Waals surface area contributed by atoms with Crippen LogP contribution >= 0.6 is 0 Å². The minimum atomic E-state index is -2.22. The number of halogens is 5. The molecule has 21 heavy (non-hydrogen) atoms. The molecule has 7 heteroatoms. The molecule has 0 saturated carbocycles. The smallest absolute Gasteiger partial charge is 0.207 e. The largest absolute Gasteiger partial charge is 0.480 e. The van der Waals surface area contributed by atoms with Gasteiger partial charge >= 0.3 is 0 Å². The van der Waals surface area contributed by atoms with Crippen molar-refractivity contribution in [3.05, 3.63) is 58.9 Å². The van der Waals surface area contributed by atoms with Gasteiger partial charge < -0.3 is 10.5 Å². The van der Waals surface area contributed by atoms with Gasteiger partial charge in [0.15, 0.2) is 5.75 Å². The molecule has 1 atom stereocenters. The van der Waals surface area contributed by atoms with E-state index in [1.807, 2.05) is 0 Å². The summed E-state index contributed by atoms with van der Waals surface area (Å²) in [5.74, 6) is -11.6. The molecule has 0 spiro atoms. The number of nitrogen functional groups attached to an aromatic ring is 1. The van der Waals surface area contributed by atoms with Crippen LogP contribution in [0.25, 0.3) is 0 Å². The van der Waals surface area contributed by atoms with Crippen LogP contribution in [0.2, 0.25) is 0 Å². The maximum Gasteiger partial charge on any atom is 0.207 e. The monoisotopic (exact) mass is 303 g/mol. The van der Waals surface area contributed by atoms with Gasteiger partial charge in [-0.15, -0.1) is 0 Å². The van der Waals surface area contributed by atoms with E-state index in [1.54, 1.807) is 0 Å². The lowest BCUT2D eigenvalue weighted by molar-refractivity contribution is 0.195. The van der Waals surface area contributed by atoms with Crippen molar-refractivity contribution in [2.24, 2.45) is 0 Å². The third-order valence-corrected chi connectivity index (χ3v) is 2.87. The van der Waals surface area contributed by atoms with Crippen LogP contribution in [0.3, 0.4) is 0 Å². The molecule has 0 aliphatic carbocycles. The van der Waals surface area contributed by atoms with E-state index in [-0.39, 0.29) is 0 Å². The molecule has 0 fully saturated rings. The Kier molecular flexibility index (Phi) is 4.02. The average Bonchev–Trinajstić information content (AvgIpc) is 2.48. The SMILES string of the molecule is CC(Oc1c(F)c(F)c(F)c(F)c1F)c1ccc(N)cc1. The lowest BCUT2D eigenvalue weighted by Crippen LogP contribution is -2.10. The fourth-order valence-electron chi connectivity index (χ4n) is 1.70. The number of anilines is 1. The zero-order chi connectivity index (χ0) is 15.7. The summed E-state index contributed by atoms with van der Waals surface area (Å²) < 4.78 is 70.8. The van der Waals surface area contributed by atoms with Gasteiger partial charge in [-0.1, -0.05) is 12.1 Å². The molecule has 0 aliphatic rings. The molecule has 0 heterocycles. The van der Waals surface area contributed by atoms with Crippen LogP contribution in [0, 0.1) is 29.1 Å². The van der Waals surface area contributed by atoms with E-state index in [1.165, 1.54) is 31.2 Å². The maximum atomic E-state index is 13.5. The molecule has 0 aliphatic heterocycles. The van der Waals surface area contributed by atoms with Crippen molar-refractivity contribution in [1.82, 2.24) is 0 Å². The van der Waals surface area contributed by atoms with Crippen molar-refractivity contribution in [1.29, 1.82) is 0 Å². The number of hydrogen-bond acceptors (Lipinski definition) is 2. The zero-order valence-electron chi connectivity index (χ0n) is 10.8. The second-order valence-corrected chi connectivity index (χ2v) is 4.33. The minimum absolute atomic E-state index is 0.460. The standard InChI is InChI=1S/C14H10F5NO/c1-6(7-2-4-8(20)5-3-7)21-14-12(18)10(16)9(15)11(17)13(14)19/h2-6H,20H2,1H3. The van der Waals surface area contributed by atoms with Crippen LogP contribution in [0.1, 0.15) is 18.6 Å². The Hall–Kier alpha value is -2.31. The molecule has 2 nitrogen and oxygen atoms in total. The van der Waals surface area contributed by atoms with E-state index in [2.05, 4.69) is 0 Å². The Bertz CT molecular complexity index is 643. The average molecular weight is 303 g/mol. The van der Waals surface area contributed by atoms with Crippen molar-refractivity contribution in [2.45, 2.75) is 13.0 Å². The Morgan fingerprint density at radius 2 is 1.24 bits per heavy atom. The summed E-state index contributed by atoms with van der Waals surface area (Å²) in [4.78, 5) is 0. The normalized spacial score (nSPS) is 12.3. The molecule has 0 radical (unpaired) electrons. The Labute approximate surface area is 116 Å². The Morgan fingerprint density at radius 1 is 0.810 bits per heavy atom. The lowest BCUT2D eigenvalue weighted by atomic mass is 10.1. The van der Waals surface area contributed by atoms with E-state index < -0.39 is 40.9 Å². The van der Waals surface area contributed by atoms with Crippen LogP contribution in [-0.2, 0) is 0 Å². The van der Waals surface area contributed by atoms with Gasteiger partial charge in [0, 0.05) is 5.69 Å². The fourth-order valence-corrected chi connectivity index (χ4v) is 1.70. The van der Waals surface area contributed by atoms with Crippen LogP contribution in [0.15, 0.2) is 24.3 Å². The Morgan fingerprint density at radius 3 is 1.71 bits per heavy atom. The van der Waals surface area contributed by atoms with Gasteiger partial charge in [0.25, 0.3) is 0 Å². The highest BCUT2D eigenvalue weighted by molar-refractivity contribution is 5.40. The van der Waals surface area contributed by atoms with Gasteiger partial charge in [-0.25, -0.2) is 13.2 Å². The van der Waals surface area contributed by atoms with Gasteiger partial charge in [0.05, 0.1) is 0 Å². The highest BCUT2D eigenvalue weighted by Crippen LogP contribution is 2.32. The van der Waals surface area contributed by atoms with Gasteiger partial charge in [-0.3, -0.25) is 0 Å². The maximum absolute atomic E-state index is 13.5. The molecule has 2 rings (SSSR count). The number of ether oxygens (including phenoxy) is 1. The van der Waals surface area contributed by atoms with Crippen LogP contribution in [-0.4, -0.2) is 0 Å². The summed E-state index contributed by atoms with van der Waals surface area (Å²) in [6, 6.07) is 6.08. The second-order valence-electron chi connectivity index (χ2n) is 4.33. The molecule has 2 N–H and O–H groups in total. The number of rotatable bonds is 3. The molecule has 0 aromatic heterocycles. The summed E-state index contributed by atoms with van der Waals surface area (Å²) in [6.45, 7) is 1.41. The van der Waals surface area contributed by atoms with Gasteiger partial charge in [-0.05, 0) is 24.6 Å². The van der Waals surface area contributed by atoms with E-state index >= 15 is 0 Å². The summed E-state index contributed by atoms with van der Waals surface area (Å²) in [5, 5.41) is 0. The molecule has 0 bridgehead atoms. The topological polar surface area (TPSA) is 35.2 Å². The number of benzene rings is 2. The van der Waals surface area contributed by atoms with Crippen molar-refractivity contribution in [2.75, 3.05) is 5.73 Å². The molecule has 1 unspecified atom stereocenters. The molecule has 2 aromatic carbocycles. The lowest BCUT2D eigenvalue weighted by Gasteiger charge is -2.17. The first-order chi connectivity index (χ1) is 9.82. The van der Waals surface area contributed by atoms with Gasteiger partial charge in [0.1, 0.15) is 6.10 Å². The van der Waals surface area contributed by atoms with Crippen molar-refractivity contribution < 1.29 is 26.7 Å². The fraction of sp³-hybridized carbons (Fsp3) is 0.143. The highest BCUT2D eigenvalue weighted by atomic mass is 19.2. The summed E-state index contributed by atoms with van der Waals surface area (Å²) in [7, 11) is 0. The minimum Gasteiger partial charge on any atom is -0.480 e. The summed E-state index contributed by atoms with van der Waals surface area (Å²) >= 11 is 0. The molecule has 0 saturated heterocycles. The molecule has 0 amide bonds. The number of nitrogens with two attached hydrogens (primary N) is 1. The third kappa shape index (κ3) is 2.76. The first-order valence-electron chi connectivity index (χ1n) is 5.86. The van der Waals surface area contributed by atoms with E-state index in [9.17, 15) is 22.0 Å². The van der Waals surface area contributed by atoms with Crippen LogP contribution in [0.5, 0.6) is 5.75 Å². The van der Waals surface area contributed by atoms with E-state index in [0.717, 1.165) is 0 Å². The quantitative estimate of drug-likeness (QED) is 0.401. The molecular weight excluding hydrogens is 293 g/mol. The number of hydrogen-bond donors (Lipinski definition) is 1. The highest BCUT2D eigenvalue weighted by Gasteiger charge is 2.28. The molecule has 112 valence electrons. The van der Waals surface area contributed by atoms with Crippen molar-refractivity contribution in [3.63, 3.8) is 0 Å².